The predicted molar refractivity (Wildman–Crippen MR) is 166 cm³/mol. The molecule has 2 N–H and O–H groups in total. The van der Waals surface area contributed by atoms with Crippen LogP contribution in [0.3, 0.4) is 0 Å². The van der Waals surface area contributed by atoms with Crippen LogP contribution < -0.4 is 15.5 Å². The largest absolute Gasteiger partial charge is 0.467 e. The molecule has 4 aromatic heterocycles. The van der Waals surface area contributed by atoms with Crippen LogP contribution in [-0.2, 0) is 17.8 Å². The molecule has 5 aromatic rings. The zero-order chi connectivity index (χ0) is 29.7. The zero-order valence-electron chi connectivity index (χ0n) is 24.4. The summed E-state index contributed by atoms with van der Waals surface area (Å²) in [4.78, 5) is 31.5. The molecule has 12 nitrogen and oxygen atoms in total. The van der Waals surface area contributed by atoms with Crippen molar-refractivity contribution in [2.24, 2.45) is 0 Å². The Morgan fingerprint density at radius 1 is 0.955 bits per heavy atom. The number of carbonyl (C=O) groups excluding carboxylic acids is 1. The van der Waals surface area contributed by atoms with E-state index in [1.807, 2.05) is 55.0 Å². The van der Waals surface area contributed by atoms with Gasteiger partial charge in [-0.1, -0.05) is 6.07 Å². The number of aromatic nitrogens is 5. The average Bonchev–Trinajstić information content (AvgIpc) is 3.76. The number of fused-ring (bicyclic) bond motifs is 1. The topological polar surface area (TPSA) is 126 Å². The van der Waals surface area contributed by atoms with Gasteiger partial charge in [-0.2, -0.15) is 5.10 Å². The molecule has 1 aromatic carbocycles. The van der Waals surface area contributed by atoms with Crippen LogP contribution in [-0.4, -0.2) is 75.1 Å². The van der Waals surface area contributed by atoms with E-state index in [9.17, 15) is 4.79 Å². The number of piperidine rings is 1. The molecule has 0 spiro atoms. The molecule has 2 fully saturated rings. The fourth-order valence-corrected chi connectivity index (χ4v) is 5.85. The summed E-state index contributed by atoms with van der Waals surface area (Å²) in [5.41, 5.74) is 3.62. The number of furan rings is 1. The smallest absolute Gasteiger partial charge is 0.319 e. The SMILES string of the molecule is O=C(NCc1ccco1)Nc1ccc(-c2nc(N3CCOCC3)c3cnn(C4CCN(Cc5cccnc5)CC4)c3n2)cc1. The summed E-state index contributed by atoms with van der Waals surface area (Å²) in [6, 6.07) is 15.3. The fourth-order valence-electron chi connectivity index (χ4n) is 5.85. The molecule has 6 heterocycles. The number of benzene rings is 1. The average molecular weight is 594 g/mol. The number of carbonyl (C=O) groups is 1. The molecule has 44 heavy (non-hydrogen) atoms. The number of hydrogen-bond acceptors (Lipinski definition) is 9. The van der Waals surface area contributed by atoms with Crippen LogP contribution in [0.25, 0.3) is 22.4 Å². The molecule has 0 atom stereocenters. The first-order valence-corrected chi connectivity index (χ1v) is 15.1. The maximum atomic E-state index is 12.4. The highest BCUT2D eigenvalue weighted by Gasteiger charge is 2.26. The Hall–Kier alpha value is -4.81. The standard InChI is InChI=1S/C32H35N9O3/c42-32(34-20-27-4-2-16-44-27)36-25-7-5-24(6-8-25)29-37-30(40-14-17-43-18-15-40)28-21-35-41(31(28)38-29)26-9-12-39(13-10-26)22-23-3-1-11-33-19-23/h1-8,11,16,19,21,26H,9-10,12-15,17-18,20,22H2,(H2,34,36,42). The Balaban J connectivity index is 1.11. The van der Waals surface area contributed by atoms with Crippen molar-refractivity contribution in [1.82, 2.24) is 34.9 Å². The second kappa shape index (κ2) is 12.8. The van der Waals surface area contributed by atoms with Crippen molar-refractivity contribution < 1.29 is 13.9 Å². The first-order valence-electron chi connectivity index (χ1n) is 15.1. The van der Waals surface area contributed by atoms with Crippen LogP contribution in [0.2, 0.25) is 0 Å². The van der Waals surface area contributed by atoms with E-state index in [-0.39, 0.29) is 12.1 Å². The maximum Gasteiger partial charge on any atom is 0.319 e. The van der Waals surface area contributed by atoms with Gasteiger partial charge in [0.2, 0.25) is 0 Å². The molecule has 0 saturated carbocycles. The highest BCUT2D eigenvalue weighted by Crippen LogP contribution is 2.32. The molecule has 7 rings (SSSR count). The number of hydrogen-bond donors (Lipinski definition) is 2. The molecule has 2 saturated heterocycles. The van der Waals surface area contributed by atoms with Gasteiger partial charge in [0.25, 0.3) is 0 Å². The quantitative estimate of drug-likeness (QED) is 0.268. The van der Waals surface area contributed by atoms with Gasteiger partial charge in [-0.15, -0.1) is 0 Å². The van der Waals surface area contributed by atoms with Gasteiger partial charge < -0.3 is 24.7 Å². The minimum Gasteiger partial charge on any atom is -0.467 e. The Morgan fingerprint density at radius 3 is 2.55 bits per heavy atom. The summed E-state index contributed by atoms with van der Waals surface area (Å²) >= 11 is 0. The summed E-state index contributed by atoms with van der Waals surface area (Å²) < 4.78 is 13.0. The molecule has 0 aliphatic carbocycles. The Kier molecular flexibility index (Phi) is 8.15. The third kappa shape index (κ3) is 6.26. The van der Waals surface area contributed by atoms with Crippen molar-refractivity contribution in [3.8, 4) is 11.4 Å². The minimum absolute atomic E-state index is 0.254. The Bertz CT molecular complexity index is 1680. The van der Waals surface area contributed by atoms with E-state index in [1.54, 1.807) is 12.3 Å². The van der Waals surface area contributed by atoms with Crippen LogP contribution in [0.15, 0.2) is 77.8 Å². The summed E-state index contributed by atoms with van der Waals surface area (Å²) in [5, 5.41) is 11.5. The van der Waals surface area contributed by atoms with Crippen LogP contribution in [0, 0.1) is 0 Å². The van der Waals surface area contributed by atoms with E-state index in [1.165, 1.54) is 5.56 Å². The highest BCUT2D eigenvalue weighted by molar-refractivity contribution is 5.90. The number of ether oxygens (including phenoxy) is 1. The first kappa shape index (κ1) is 28.0. The highest BCUT2D eigenvalue weighted by atomic mass is 16.5. The van der Waals surface area contributed by atoms with Gasteiger partial charge in [0.05, 0.1) is 43.6 Å². The van der Waals surface area contributed by atoms with Crippen molar-refractivity contribution in [2.75, 3.05) is 49.6 Å². The first-order chi connectivity index (χ1) is 21.7. The zero-order valence-corrected chi connectivity index (χ0v) is 24.4. The molecular weight excluding hydrogens is 558 g/mol. The van der Waals surface area contributed by atoms with E-state index < -0.39 is 0 Å². The summed E-state index contributed by atoms with van der Waals surface area (Å²) in [6.45, 7) is 6.03. The lowest BCUT2D eigenvalue weighted by Gasteiger charge is -2.32. The number of pyridine rings is 1. The molecule has 12 heteroatoms. The van der Waals surface area contributed by atoms with Crippen molar-refractivity contribution >= 4 is 28.6 Å². The number of rotatable bonds is 8. The minimum atomic E-state index is -0.309. The van der Waals surface area contributed by atoms with Gasteiger partial charge >= 0.3 is 6.03 Å². The molecule has 0 unspecified atom stereocenters. The van der Waals surface area contributed by atoms with E-state index in [2.05, 4.69) is 36.2 Å². The van der Waals surface area contributed by atoms with Gasteiger partial charge in [0.1, 0.15) is 11.6 Å². The van der Waals surface area contributed by atoms with Gasteiger partial charge in [-0.3, -0.25) is 9.88 Å². The number of urea groups is 1. The third-order valence-corrected chi connectivity index (χ3v) is 8.18. The van der Waals surface area contributed by atoms with Crippen LogP contribution >= 0.6 is 0 Å². The molecule has 2 amide bonds. The Morgan fingerprint density at radius 2 is 1.80 bits per heavy atom. The fraction of sp³-hybridized carbons (Fsp3) is 0.344. The number of amides is 2. The van der Waals surface area contributed by atoms with Gasteiger partial charge in [0.15, 0.2) is 11.5 Å². The lowest BCUT2D eigenvalue weighted by atomic mass is 10.0. The normalized spacial score (nSPS) is 16.3. The molecule has 0 bridgehead atoms. The third-order valence-electron chi connectivity index (χ3n) is 8.18. The molecule has 2 aliphatic rings. The van der Waals surface area contributed by atoms with E-state index >= 15 is 0 Å². The number of nitrogens with zero attached hydrogens (tertiary/aromatic N) is 7. The predicted octanol–water partition coefficient (Wildman–Crippen LogP) is 4.48. The van der Waals surface area contributed by atoms with Crippen molar-refractivity contribution in [2.45, 2.75) is 32.0 Å². The number of anilines is 2. The summed E-state index contributed by atoms with van der Waals surface area (Å²) in [6.07, 6.45) is 9.24. The summed E-state index contributed by atoms with van der Waals surface area (Å²) in [7, 11) is 0. The van der Waals surface area contributed by atoms with Crippen molar-refractivity contribution in [3.63, 3.8) is 0 Å². The molecule has 2 aliphatic heterocycles. The lowest BCUT2D eigenvalue weighted by molar-refractivity contribution is 0.122. The van der Waals surface area contributed by atoms with Crippen LogP contribution in [0.4, 0.5) is 16.3 Å². The second-order valence-electron chi connectivity index (χ2n) is 11.1. The summed E-state index contributed by atoms with van der Waals surface area (Å²) in [5.74, 6) is 2.20. The monoisotopic (exact) mass is 593 g/mol. The Labute approximate surface area is 255 Å². The van der Waals surface area contributed by atoms with Gasteiger partial charge in [0, 0.05) is 56.4 Å². The van der Waals surface area contributed by atoms with Crippen LogP contribution in [0.1, 0.15) is 30.2 Å². The molecule has 226 valence electrons. The second-order valence-corrected chi connectivity index (χ2v) is 11.1. The van der Waals surface area contributed by atoms with E-state index in [0.717, 1.165) is 68.0 Å². The number of nitrogens with one attached hydrogen (secondary N) is 2. The lowest BCUT2D eigenvalue weighted by Crippen LogP contribution is -2.37. The van der Waals surface area contributed by atoms with Crippen LogP contribution in [0.5, 0.6) is 0 Å². The van der Waals surface area contributed by atoms with Gasteiger partial charge in [-0.25, -0.2) is 19.4 Å². The van der Waals surface area contributed by atoms with Crippen molar-refractivity contribution in [1.29, 1.82) is 0 Å². The number of likely N-dealkylation sites (tertiary alicyclic amines) is 1. The number of morpholine rings is 1. The maximum absolute atomic E-state index is 12.4. The molecule has 0 radical (unpaired) electrons. The van der Waals surface area contributed by atoms with E-state index in [0.29, 0.717) is 37.0 Å². The van der Waals surface area contributed by atoms with Crippen molar-refractivity contribution in [3.05, 3.63) is 84.7 Å². The molecular formula is C32H35N9O3. The van der Waals surface area contributed by atoms with Gasteiger partial charge in [-0.05, 0) is 60.9 Å². The van der Waals surface area contributed by atoms with E-state index in [4.69, 9.17) is 24.2 Å².